The second kappa shape index (κ2) is 8.71. The highest BCUT2D eigenvalue weighted by molar-refractivity contribution is 6.32. The molecule has 1 heterocycles. The van der Waals surface area contributed by atoms with E-state index in [1.54, 1.807) is 36.0 Å². The molecule has 1 N–H and O–H groups in total. The number of methoxy groups -OCH3 is 1. The standard InChI is InChI=1S/C19H20ClN5O3/c1-4-8-28-17-15(20)10-13(11-16(17)27-3)19(26)21-14-7-5-6-12(9-14)18-22-23-24-25(18)2/h5-7,9-11H,4,8H2,1-3H3,(H,21,26). The first-order chi connectivity index (χ1) is 13.5. The van der Waals surface area contributed by atoms with Crippen LogP contribution in [-0.4, -0.2) is 39.8 Å². The Hall–Kier alpha value is -3.13. The predicted octanol–water partition coefficient (Wildman–Crippen LogP) is 3.58. The minimum Gasteiger partial charge on any atom is -0.493 e. The maximum atomic E-state index is 12.7. The molecular weight excluding hydrogens is 382 g/mol. The molecule has 1 amide bonds. The van der Waals surface area contributed by atoms with Crippen LogP contribution in [0, 0.1) is 0 Å². The third-order valence-corrected chi connectivity index (χ3v) is 4.22. The van der Waals surface area contributed by atoms with Crippen LogP contribution in [0.5, 0.6) is 11.5 Å². The van der Waals surface area contributed by atoms with Gasteiger partial charge in [0.1, 0.15) is 0 Å². The molecule has 3 aromatic rings. The fraction of sp³-hybridized carbons (Fsp3) is 0.263. The number of anilines is 1. The fourth-order valence-corrected chi connectivity index (χ4v) is 2.87. The smallest absolute Gasteiger partial charge is 0.255 e. The van der Waals surface area contributed by atoms with Gasteiger partial charge < -0.3 is 14.8 Å². The van der Waals surface area contributed by atoms with Gasteiger partial charge in [0.2, 0.25) is 0 Å². The highest BCUT2D eigenvalue weighted by Crippen LogP contribution is 2.36. The Labute approximate surface area is 167 Å². The summed E-state index contributed by atoms with van der Waals surface area (Å²) in [7, 11) is 3.25. The van der Waals surface area contributed by atoms with Gasteiger partial charge in [0, 0.05) is 23.9 Å². The Morgan fingerprint density at radius 1 is 1.29 bits per heavy atom. The molecular formula is C19H20ClN5O3. The molecule has 0 aliphatic rings. The average Bonchev–Trinajstić information content (AvgIpc) is 3.12. The van der Waals surface area contributed by atoms with Crippen LogP contribution in [0.25, 0.3) is 11.4 Å². The number of hydrogen-bond acceptors (Lipinski definition) is 6. The Morgan fingerprint density at radius 3 is 2.79 bits per heavy atom. The third kappa shape index (κ3) is 4.23. The van der Waals surface area contributed by atoms with Gasteiger partial charge in [-0.25, -0.2) is 4.68 Å². The number of nitrogens with one attached hydrogen (secondary N) is 1. The summed E-state index contributed by atoms with van der Waals surface area (Å²) < 4.78 is 12.5. The van der Waals surface area contributed by atoms with Gasteiger partial charge in [-0.2, -0.15) is 0 Å². The number of ether oxygens (including phenoxy) is 2. The molecule has 0 saturated carbocycles. The first-order valence-corrected chi connectivity index (χ1v) is 9.05. The molecule has 0 spiro atoms. The minimum atomic E-state index is -0.324. The zero-order valence-electron chi connectivity index (χ0n) is 15.8. The zero-order chi connectivity index (χ0) is 20.1. The number of hydrogen-bond donors (Lipinski definition) is 1. The maximum Gasteiger partial charge on any atom is 0.255 e. The summed E-state index contributed by atoms with van der Waals surface area (Å²) in [6, 6.07) is 10.4. The van der Waals surface area contributed by atoms with E-state index in [0.717, 1.165) is 12.0 Å². The second-order valence-corrected chi connectivity index (χ2v) is 6.41. The molecule has 1 aromatic heterocycles. The van der Waals surface area contributed by atoms with Crippen molar-refractivity contribution in [3.8, 4) is 22.9 Å². The zero-order valence-corrected chi connectivity index (χ0v) is 16.5. The normalized spacial score (nSPS) is 10.6. The van der Waals surface area contributed by atoms with Crippen molar-refractivity contribution in [3.63, 3.8) is 0 Å². The Morgan fingerprint density at radius 2 is 2.11 bits per heavy atom. The summed E-state index contributed by atoms with van der Waals surface area (Å²) in [5.74, 6) is 1.11. The maximum absolute atomic E-state index is 12.7. The Balaban J connectivity index is 1.83. The minimum absolute atomic E-state index is 0.317. The summed E-state index contributed by atoms with van der Waals surface area (Å²) in [6.45, 7) is 2.50. The molecule has 3 rings (SSSR count). The van der Waals surface area contributed by atoms with Gasteiger partial charge in [0.25, 0.3) is 5.91 Å². The van der Waals surface area contributed by atoms with Gasteiger partial charge in [-0.05, 0) is 41.1 Å². The number of carbonyl (C=O) groups is 1. The first-order valence-electron chi connectivity index (χ1n) is 8.68. The lowest BCUT2D eigenvalue weighted by atomic mass is 10.1. The molecule has 8 nitrogen and oxygen atoms in total. The van der Waals surface area contributed by atoms with Crippen molar-refractivity contribution in [3.05, 3.63) is 47.0 Å². The summed E-state index contributed by atoms with van der Waals surface area (Å²) in [5.41, 5.74) is 1.74. The van der Waals surface area contributed by atoms with E-state index in [1.807, 2.05) is 19.1 Å². The molecule has 0 radical (unpaired) electrons. The largest absolute Gasteiger partial charge is 0.493 e. The van der Waals surface area contributed by atoms with Crippen LogP contribution in [0.15, 0.2) is 36.4 Å². The number of halogens is 1. The van der Waals surface area contributed by atoms with E-state index in [2.05, 4.69) is 20.8 Å². The lowest BCUT2D eigenvalue weighted by Crippen LogP contribution is -2.12. The average molecular weight is 402 g/mol. The predicted molar refractivity (Wildman–Crippen MR) is 106 cm³/mol. The van der Waals surface area contributed by atoms with E-state index >= 15 is 0 Å². The first kappa shape index (κ1) is 19.6. The molecule has 2 aromatic carbocycles. The number of aromatic nitrogens is 4. The number of carbonyl (C=O) groups excluding carboxylic acids is 1. The number of nitrogens with zero attached hydrogens (tertiary/aromatic N) is 4. The molecule has 0 saturated heterocycles. The Kier molecular flexibility index (Phi) is 6.10. The van der Waals surface area contributed by atoms with Crippen molar-refractivity contribution in [1.29, 1.82) is 0 Å². The molecule has 0 fully saturated rings. The van der Waals surface area contributed by atoms with Crippen molar-refractivity contribution >= 4 is 23.2 Å². The molecule has 0 aliphatic heterocycles. The summed E-state index contributed by atoms with van der Waals surface area (Å²) in [4.78, 5) is 12.7. The van der Waals surface area contributed by atoms with Crippen LogP contribution in [0.4, 0.5) is 5.69 Å². The van der Waals surface area contributed by atoms with Gasteiger partial charge in [-0.1, -0.05) is 30.7 Å². The van der Waals surface area contributed by atoms with Crippen LogP contribution < -0.4 is 14.8 Å². The van der Waals surface area contributed by atoms with E-state index in [0.29, 0.717) is 40.2 Å². The van der Waals surface area contributed by atoms with E-state index in [9.17, 15) is 4.79 Å². The number of amides is 1. The summed E-state index contributed by atoms with van der Waals surface area (Å²) in [6.07, 6.45) is 0.832. The van der Waals surface area contributed by atoms with Crippen molar-refractivity contribution < 1.29 is 14.3 Å². The molecule has 0 atom stereocenters. The monoisotopic (exact) mass is 401 g/mol. The fourth-order valence-electron chi connectivity index (χ4n) is 2.61. The molecule has 0 bridgehead atoms. The van der Waals surface area contributed by atoms with Crippen LogP contribution in [0.2, 0.25) is 5.02 Å². The molecule has 9 heteroatoms. The van der Waals surface area contributed by atoms with Crippen LogP contribution in [0.1, 0.15) is 23.7 Å². The van der Waals surface area contributed by atoms with Crippen molar-refractivity contribution in [2.75, 3.05) is 19.0 Å². The number of benzene rings is 2. The highest BCUT2D eigenvalue weighted by atomic mass is 35.5. The van der Waals surface area contributed by atoms with Crippen LogP contribution in [0.3, 0.4) is 0 Å². The van der Waals surface area contributed by atoms with E-state index in [1.165, 1.54) is 7.11 Å². The van der Waals surface area contributed by atoms with Crippen molar-refractivity contribution in [1.82, 2.24) is 20.2 Å². The number of tetrazole rings is 1. The SMILES string of the molecule is CCCOc1c(Cl)cc(C(=O)Nc2cccc(-c3nnnn3C)c2)cc1OC. The third-order valence-electron chi connectivity index (χ3n) is 3.94. The topological polar surface area (TPSA) is 91.2 Å². The van der Waals surface area contributed by atoms with Crippen molar-refractivity contribution in [2.45, 2.75) is 13.3 Å². The lowest BCUT2D eigenvalue weighted by Gasteiger charge is -2.14. The molecule has 0 unspecified atom stereocenters. The number of aryl methyl sites for hydroxylation is 1. The molecule has 28 heavy (non-hydrogen) atoms. The quantitative estimate of drug-likeness (QED) is 0.650. The molecule has 0 aliphatic carbocycles. The molecule has 146 valence electrons. The highest BCUT2D eigenvalue weighted by Gasteiger charge is 2.16. The van der Waals surface area contributed by atoms with E-state index in [4.69, 9.17) is 21.1 Å². The second-order valence-electron chi connectivity index (χ2n) is 6.00. The van der Waals surface area contributed by atoms with Gasteiger partial charge >= 0.3 is 0 Å². The van der Waals surface area contributed by atoms with Gasteiger partial charge in [0.15, 0.2) is 17.3 Å². The van der Waals surface area contributed by atoms with Gasteiger partial charge in [-0.15, -0.1) is 5.10 Å². The van der Waals surface area contributed by atoms with Crippen molar-refractivity contribution in [2.24, 2.45) is 7.05 Å². The lowest BCUT2D eigenvalue weighted by molar-refractivity contribution is 0.102. The van der Waals surface area contributed by atoms with E-state index < -0.39 is 0 Å². The summed E-state index contributed by atoms with van der Waals surface area (Å²) in [5, 5.41) is 14.6. The van der Waals surface area contributed by atoms with Gasteiger partial charge in [0.05, 0.1) is 18.7 Å². The van der Waals surface area contributed by atoms with Crippen LogP contribution >= 0.6 is 11.6 Å². The van der Waals surface area contributed by atoms with Crippen LogP contribution in [-0.2, 0) is 7.05 Å². The summed E-state index contributed by atoms with van der Waals surface area (Å²) >= 11 is 6.30. The Bertz CT molecular complexity index is 989. The van der Waals surface area contributed by atoms with Gasteiger partial charge in [-0.3, -0.25) is 4.79 Å². The number of rotatable bonds is 7. The van der Waals surface area contributed by atoms with E-state index in [-0.39, 0.29) is 5.91 Å².